The first-order chi connectivity index (χ1) is 10.6. The van der Waals surface area contributed by atoms with Gasteiger partial charge in [-0.05, 0) is 25.3 Å². The molecule has 0 atom stereocenters. The van der Waals surface area contributed by atoms with Gasteiger partial charge in [0.1, 0.15) is 16.9 Å². The predicted molar refractivity (Wildman–Crippen MR) is 88.3 cm³/mol. The van der Waals surface area contributed by atoms with Crippen LogP contribution in [0.15, 0.2) is 23.5 Å². The van der Waals surface area contributed by atoms with Gasteiger partial charge in [0.05, 0.1) is 27.7 Å². The van der Waals surface area contributed by atoms with Crippen molar-refractivity contribution in [3.8, 4) is 0 Å². The fourth-order valence-corrected chi connectivity index (χ4v) is 3.09. The van der Waals surface area contributed by atoms with Crippen molar-refractivity contribution in [1.29, 1.82) is 0 Å². The van der Waals surface area contributed by atoms with Crippen LogP contribution in [0.1, 0.15) is 17.4 Å². The van der Waals surface area contributed by atoms with Crippen LogP contribution in [0, 0.1) is 0 Å². The fraction of sp³-hybridized carbons (Fsp3) is 0.214. The molecule has 3 aromatic rings. The molecule has 0 bridgehead atoms. The molecular weight excluding hydrogens is 345 g/mol. The summed E-state index contributed by atoms with van der Waals surface area (Å²) >= 11 is 13.6. The van der Waals surface area contributed by atoms with Crippen molar-refractivity contribution in [2.24, 2.45) is 0 Å². The maximum Gasteiger partial charge on any atom is 0.359 e. The van der Waals surface area contributed by atoms with Crippen LogP contribution in [-0.2, 0) is 4.74 Å². The number of esters is 1. The SMILES string of the molecule is CCOC(=O)c1ncn2c1c(SC)nc1cc(Cl)c(Cl)cc12. The van der Waals surface area contributed by atoms with Crippen molar-refractivity contribution in [2.45, 2.75) is 11.9 Å². The molecule has 0 saturated carbocycles. The summed E-state index contributed by atoms with van der Waals surface area (Å²) < 4.78 is 6.83. The van der Waals surface area contributed by atoms with Crippen LogP contribution in [0.2, 0.25) is 10.0 Å². The van der Waals surface area contributed by atoms with Crippen molar-refractivity contribution in [2.75, 3.05) is 12.9 Å². The van der Waals surface area contributed by atoms with E-state index in [9.17, 15) is 4.79 Å². The van der Waals surface area contributed by atoms with E-state index in [0.717, 1.165) is 5.52 Å². The second-order valence-corrected chi connectivity index (χ2v) is 6.02. The second-order valence-electron chi connectivity index (χ2n) is 4.41. The Morgan fingerprint density at radius 3 is 2.77 bits per heavy atom. The first kappa shape index (κ1) is 15.4. The molecule has 8 heteroatoms. The summed E-state index contributed by atoms with van der Waals surface area (Å²) in [6.07, 6.45) is 3.45. The van der Waals surface area contributed by atoms with Crippen LogP contribution in [0.3, 0.4) is 0 Å². The van der Waals surface area contributed by atoms with Crippen LogP contribution < -0.4 is 0 Å². The third kappa shape index (κ3) is 2.41. The van der Waals surface area contributed by atoms with Crippen LogP contribution in [0.4, 0.5) is 0 Å². The minimum atomic E-state index is -0.471. The molecule has 0 unspecified atom stereocenters. The summed E-state index contributed by atoms with van der Waals surface area (Å²) in [5.74, 6) is -0.471. The number of rotatable bonds is 3. The molecule has 1 aromatic carbocycles. The largest absolute Gasteiger partial charge is 0.461 e. The first-order valence-corrected chi connectivity index (χ1v) is 8.41. The van der Waals surface area contributed by atoms with Gasteiger partial charge in [-0.2, -0.15) is 0 Å². The van der Waals surface area contributed by atoms with E-state index in [1.54, 1.807) is 29.8 Å². The van der Waals surface area contributed by atoms with Crippen LogP contribution in [0.25, 0.3) is 16.6 Å². The summed E-state index contributed by atoms with van der Waals surface area (Å²) in [4.78, 5) is 20.8. The third-order valence-corrected chi connectivity index (χ3v) is 4.52. The summed E-state index contributed by atoms with van der Waals surface area (Å²) in [7, 11) is 0. The lowest BCUT2D eigenvalue weighted by Crippen LogP contribution is -2.06. The Hall–Kier alpha value is -1.50. The summed E-state index contributed by atoms with van der Waals surface area (Å²) in [5, 5.41) is 1.52. The number of ether oxygens (including phenoxy) is 1. The van der Waals surface area contributed by atoms with E-state index in [1.165, 1.54) is 11.8 Å². The van der Waals surface area contributed by atoms with E-state index in [0.29, 0.717) is 26.1 Å². The maximum absolute atomic E-state index is 12.1. The number of carbonyl (C=O) groups is 1. The molecule has 3 rings (SSSR count). The predicted octanol–water partition coefficient (Wildman–Crippen LogP) is 4.09. The molecule has 0 N–H and O–H groups in total. The molecule has 0 saturated heterocycles. The number of halogens is 2. The highest BCUT2D eigenvalue weighted by molar-refractivity contribution is 7.98. The van der Waals surface area contributed by atoms with Crippen LogP contribution >= 0.6 is 35.0 Å². The first-order valence-electron chi connectivity index (χ1n) is 6.43. The topological polar surface area (TPSA) is 56.5 Å². The standard InChI is InChI=1S/C14H11Cl2N3O2S/c1-3-21-14(20)11-12-13(22-2)18-9-4-7(15)8(16)5-10(9)19(12)6-17-11/h4-6H,3H2,1-2H3. The molecule has 2 aromatic heterocycles. The average molecular weight is 356 g/mol. The smallest absolute Gasteiger partial charge is 0.359 e. The van der Waals surface area contributed by atoms with Gasteiger partial charge in [-0.1, -0.05) is 23.2 Å². The summed E-state index contributed by atoms with van der Waals surface area (Å²) in [6, 6.07) is 3.41. The minimum Gasteiger partial charge on any atom is -0.461 e. The quantitative estimate of drug-likeness (QED) is 0.523. The van der Waals surface area contributed by atoms with Crippen molar-refractivity contribution in [3.63, 3.8) is 0 Å². The van der Waals surface area contributed by atoms with Gasteiger partial charge in [-0.25, -0.2) is 14.8 Å². The van der Waals surface area contributed by atoms with Crippen molar-refractivity contribution in [1.82, 2.24) is 14.4 Å². The van der Waals surface area contributed by atoms with Gasteiger partial charge >= 0.3 is 5.97 Å². The molecule has 22 heavy (non-hydrogen) atoms. The number of benzene rings is 1. The van der Waals surface area contributed by atoms with Gasteiger partial charge in [-0.15, -0.1) is 11.8 Å². The number of hydrogen-bond donors (Lipinski definition) is 0. The van der Waals surface area contributed by atoms with E-state index in [2.05, 4.69) is 9.97 Å². The monoisotopic (exact) mass is 355 g/mol. The molecule has 2 heterocycles. The van der Waals surface area contributed by atoms with E-state index in [-0.39, 0.29) is 12.3 Å². The van der Waals surface area contributed by atoms with Crippen LogP contribution in [-0.4, -0.2) is 33.2 Å². The zero-order valence-electron chi connectivity index (χ0n) is 11.8. The van der Waals surface area contributed by atoms with Crippen LogP contribution in [0.5, 0.6) is 0 Å². The number of aromatic nitrogens is 3. The number of fused-ring (bicyclic) bond motifs is 3. The van der Waals surface area contributed by atoms with E-state index < -0.39 is 5.97 Å². The van der Waals surface area contributed by atoms with E-state index in [1.807, 2.05) is 6.26 Å². The summed E-state index contributed by atoms with van der Waals surface area (Å²) in [6.45, 7) is 2.04. The average Bonchev–Trinajstić information content (AvgIpc) is 2.93. The molecule has 0 aliphatic rings. The Labute approximate surface area is 140 Å². The van der Waals surface area contributed by atoms with Gasteiger partial charge in [0, 0.05) is 0 Å². The molecule has 0 amide bonds. The Bertz CT molecular complexity index is 895. The van der Waals surface area contributed by atoms with Gasteiger partial charge in [0.2, 0.25) is 0 Å². The number of carbonyl (C=O) groups excluding carboxylic acids is 1. The Kier molecular flexibility index (Phi) is 4.16. The van der Waals surface area contributed by atoms with Gasteiger partial charge < -0.3 is 4.74 Å². The highest BCUT2D eigenvalue weighted by atomic mass is 35.5. The Balaban J connectivity index is 2.38. The molecule has 0 radical (unpaired) electrons. The maximum atomic E-state index is 12.1. The number of imidazole rings is 1. The van der Waals surface area contributed by atoms with Gasteiger partial charge in [-0.3, -0.25) is 4.40 Å². The summed E-state index contributed by atoms with van der Waals surface area (Å²) in [5.41, 5.74) is 2.26. The van der Waals surface area contributed by atoms with E-state index in [4.69, 9.17) is 27.9 Å². The Morgan fingerprint density at radius 2 is 2.09 bits per heavy atom. The zero-order valence-corrected chi connectivity index (χ0v) is 14.1. The molecule has 0 fully saturated rings. The number of thioether (sulfide) groups is 1. The lowest BCUT2D eigenvalue weighted by Gasteiger charge is -2.08. The molecule has 5 nitrogen and oxygen atoms in total. The highest BCUT2D eigenvalue weighted by Crippen LogP contribution is 2.31. The van der Waals surface area contributed by atoms with Gasteiger partial charge in [0.25, 0.3) is 0 Å². The molecular formula is C14H11Cl2N3O2S. The molecule has 0 spiro atoms. The van der Waals surface area contributed by atoms with Gasteiger partial charge in [0.15, 0.2) is 5.69 Å². The lowest BCUT2D eigenvalue weighted by molar-refractivity contribution is 0.0522. The molecule has 0 aliphatic carbocycles. The van der Waals surface area contributed by atoms with Crippen molar-refractivity contribution >= 4 is 57.5 Å². The lowest BCUT2D eigenvalue weighted by atomic mass is 10.3. The molecule has 0 aliphatic heterocycles. The minimum absolute atomic E-state index is 0.242. The third-order valence-electron chi connectivity index (χ3n) is 3.13. The molecule has 114 valence electrons. The van der Waals surface area contributed by atoms with Crippen molar-refractivity contribution < 1.29 is 9.53 Å². The zero-order chi connectivity index (χ0) is 15.9. The second kappa shape index (κ2) is 5.95. The normalized spacial score (nSPS) is 11.3. The highest BCUT2D eigenvalue weighted by Gasteiger charge is 2.20. The van der Waals surface area contributed by atoms with Crippen molar-refractivity contribution in [3.05, 3.63) is 34.2 Å². The van der Waals surface area contributed by atoms with E-state index >= 15 is 0 Å². The number of nitrogens with zero attached hydrogens (tertiary/aromatic N) is 3. The Morgan fingerprint density at radius 1 is 1.36 bits per heavy atom. The fourth-order valence-electron chi connectivity index (χ4n) is 2.20. The number of hydrogen-bond acceptors (Lipinski definition) is 5.